The fourth-order valence-corrected chi connectivity index (χ4v) is 11.2. The summed E-state index contributed by atoms with van der Waals surface area (Å²) in [4.78, 5) is 61.9. The summed E-state index contributed by atoms with van der Waals surface area (Å²) in [5.74, 6) is -3.34. The van der Waals surface area contributed by atoms with Crippen molar-refractivity contribution in [3.63, 3.8) is 0 Å². The minimum absolute atomic E-state index is 0.0227. The number of fused-ring (bicyclic) bond motifs is 2. The lowest BCUT2D eigenvalue weighted by Gasteiger charge is -2.35. The molecule has 2 aliphatic heterocycles. The van der Waals surface area contributed by atoms with Crippen molar-refractivity contribution in [2.75, 3.05) is 9.80 Å². The third-order valence-corrected chi connectivity index (χ3v) is 14.9. The fraction of sp³-hybridized carbons (Fsp3) is 0.130. The number of para-hydroxylation sites is 2. The number of amides is 4. The third-order valence-electron chi connectivity index (χ3n) is 11.5. The largest absolute Gasteiger partial charge is 0.268 e. The van der Waals surface area contributed by atoms with E-state index in [9.17, 15) is 9.59 Å². The van der Waals surface area contributed by atoms with Crippen molar-refractivity contribution in [3.05, 3.63) is 134 Å². The molecule has 0 radical (unpaired) electrons. The third kappa shape index (κ3) is 5.11. The van der Waals surface area contributed by atoms with E-state index in [0.29, 0.717) is 16.8 Å². The number of hydrogen-bond donors (Lipinski definition) is 0. The maximum atomic E-state index is 15.1. The molecule has 0 spiro atoms. The van der Waals surface area contributed by atoms with Gasteiger partial charge < -0.3 is 0 Å². The van der Waals surface area contributed by atoms with Gasteiger partial charge in [0.05, 0.1) is 73.8 Å². The van der Waals surface area contributed by atoms with Crippen LogP contribution in [-0.4, -0.2) is 23.6 Å². The zero-order valence-corrected chi connectivity index (χ0v) is 37.8. The number of hydrogen-bond acceptors (Lipinski definition) is 4. The summed E-state index contributed by atoms with van der Waals surface area (Å²) in [6, 6.07) is 10.7. The van der Waals surface area contributed by atoms with Crippen molar-refractivity contribution >= 4 is 183 Å². The standard InChI is InChI=1S/C46H26Cl8N2O4/c1-7-17-11-9-12-18(8-2)41(17)55-43(57)29-23-21-25(33(47)37(29)51)27-22-24-31(39(53)35(27)49)45(59)56(42-19(15(3)4)13-10-14-20(42)16(5)6)46(60)32(24)40(54)36(50)28(22)26(21)34(48)38(52)30(23)44(55)58/h7-16H,1-2H2,3-6H3. The van der Waals surface area contributed by atoms with E-state index in [-0.39, 0.29) is 123 Å². The number of anilines is 2. The van der Waals surface area contributed by atoms with Crippen LogP contribution in [0.25, 0.3) is 55.2 Å². The molecule has 0 unspecified atom stereocenters. The predicted octanol–water partition coefficient (Wildman–Crippen LogP) is 16.1. The van der Waals surface area contributed by atoms with Crippen LogP contribution in [0.15, 0.2) is 49.6 Å². The molecule has 9 rings (SSSR count). The van der Waals surface area contributed by atoms with E-state index in [2.05, 4.69) is 13.2 Å². The molecular formula is C46H26Cl8N2O4. The van der Waals surface area contributed by atoms with Gasteiger partial charge in [-0.15, -0.1) is 0 Å². The van der Waals surface area contributed by atoms with Crippen molar-refractivity contribution in [1.82, 2.24) is 0 Å². The van der Waals surface area contributed by atoms with Crippen LogP contribution < -0.4 is 9.80 Å². The second kappa shape index (κ2) is 14.2. The Labute approximate surface area is 383 Å². The highest BCUT2D eigenvalue weighted by Crippen LogP contribution is 2.60. The van der Waals surface area contributed by atoms with E-state index >= 15 is 9.59 Å². The van der Waals surface area contributed by atoms with Gasteiger partial charge in [0, 0.05) is 43.1 Å². The van der Waals surface area contributed by atoms with Gasteiger partial charge in [0.15, 0.2) is 0 Å². The normalized spacial score (nSPS) is 14.2. The van der Waals surface area contributed by atoms with E-state index in [1.807, 2.05) is 45.9 Å². The molecule has 0 aromatic heterocycles. The Bertz CT molecular complexity index is 3080. The molecule has 14 heteroatoms. The number of rotatable bonds is 6. The Hall–Kier alpha value is -4.08. The lowest BCUT2D eigenvalue weighted by molar-refractivity contribution is 0.0877. The highest BCUT2D eigenvalue weighted by molar-refractivity contribution is 6.64. The zero-order valence-electron chi connectivity index (χ0n) is 31.7. The van der Waals surface area contributed by atoms with Gasteiger partial charge in [0.25, 0.3) is 23.6 Å². The van der Waals surface area contributed by atoms with Crippen molar-refractivity contribution in [1.29, 1.82) is 0 Å². The molecule has 0 atom stereocenters. The minimum Gasteiger partial charge on any atom is -0.268 e. The number of nitrogens with zero attached hydrogens (tertiary/aromatic N) is 2. The quantitative estimate of drug-likeness (QED) is 0.0945. The van der Waals surface area contributed by atoms with Crippen LogP contribution in [0.3, 0.4) is 0 Å². The van der Waals surface area contributed by atoms with Crippen LogP contribution in [0.5, 0.6) is 0 Å². The van der Waals surface area contributed by atoms with Crippen molar-refractivity contribution in [2.45, 2.75) is 39.5 Å². The number of halogens is 8. The van der Waals surface area contributed by atoms with Crippen LogP contribution in [0.2, 0.25) is 40.2 Å². The molecule has 2 aliphatic rings. The molecule has 7 aromatic carbocycles. The Kier molecular flexibility index (Phi) is 9.79. The smallest absolute Gasteiger partial charge is 0.267 e. The van der Waals surface area contributed by atoms with Crippen molar-refractivity contribution in [2.24, 2.45) is 0 Å². The first-order valence-corrected chi connectivity index (χ1v) is 21.5. The Morgan fingerprint density at radius 2 is 0.700 bits per heavy atom. The molecule has 0 bridgehead atoms. The number of imide groups is 2. The van der Waals surface area contributed by atoms with E-state index in [1.54, 1.807) is 18.2 Å². The first kappa shape index (κ1) is 41.3. The first-order chi connectivity index (χ1) is 28.4. The van der Waals surface area contributed by atoms with Gasteiger partial charge in [-0.1, -0.05) is 182 Å². The maximum Gasteiger partial charge on any atom is 0.267 e. The molecule has 4 amide bonds. The molecule has 7 aromatic rings. The van der Waals surface area contributed by atoms with E-state index < -0.39 is 23.6 Å². The second-order valence-electron chi connectivity index (χ2n) is 15.2. The first-order valence-electron chi connectivity index (χ1n) is 18.4. The van der Waals surface area contributed by atoms with Crippen LogP contribution in [0.1, 0.15) is 103 Å². The number of carbonyl (C=O) groups excluding carboxylic acids is 4. The van der Waals surface area contributed by atoms with Crippen LogP contribution in [0, 0.1) is 0 Å². The predicted molar refractivity (Wildman–Crippen MR) is 251 cm³/mol. The molecular weight excluding hydrogens is 928 g/mol. The summed E-state index contributed by atoms with van der Waals surface area (Å²) in [5, 5.41) is -0.648. The summed E-state index contributed by atoms with van der Waals surface area (Å²) in [7, 11) is 0. The van der Waals surface area contributed by atoms with Gasteiger partial charge in [-0.25, -0.2) is 9.80 Å². The fourth-order valence-electron chi connectivity index (χ4n) is 8.97. The maximum absolute atomic E-state index is 15.1. The average molecular weight is 954 g/mol. The molecule has 0 saturated carbocycles. The van der Waals surface area contributed by atoms with Gasteiger partial charge >= 0.3 is 0 Å². The van der Waals surface area contributed by atoms with Gasteiger partial charge in [0.1, 0.15) is 0 Å². The minimum atomic E-state index is -0.823. The molecule has 6 nitrogen and oxygen atoms in total. The molecule has 60 heavy (non-hydrogen) atoms. The van der Waals surface area contributed by atoms with Gasteiger partial charge in [-0.05, 0) is 34.1 Å². The molecule has 0 fully saturated rings. The summed E-state index contributed by atoms with van der Waals surface area (Å²) in [6.45, 7) is 15.6. The Balaban J connectivity index is 1.47. The highest BCUT2D eigenvalue weighted by atomic mass is 35.5. The lowest BCUT2D eigenvalue weighted by atomic mass is 9.81. The summed E-state index contributed by atoms with van der Waals surface area (Å²) >= 11 is 57.9. The Morgan fingerprint density at radius 3 is 0.983 bits per heavy atom. The topological polar surface area (TPSA) is 74.8 Å². The van der Waals surface area contributed by atoms with E-state index in [1.165, 1.54) is 12.2 Å². The van der Waals surface area contributed by atoms with Gasteiger partial charge in [-0.2, -0.15) is 0 Å². The lowest BCUT2D eigenvalue weighted by Crippen LogP contribution is -2.42. The zero-order chi connectivity index (χ0) is 43.3. The van der Waals surface area contributed by atoms with Crippen LogP contribution >= 0.6 is 92.8 Å². The number of benzene rings is 7. The molecule has 0 saturated heterocycles. The van der Waals surface area contributed by atoms with E-state index in [0.717, 1.165) is 20.9 Å². The van der Waals surface area contributed by atoms with Gasteiger partial charge in [-0.3, -0.25) is 19.2 Å². The van der Waals surface area contributed by atoms with Crippen molar-refractivity contribution in [3.8, 4) is 0 Å². The van der Waals surface area contributed by atoms with Crippen LogP contribution in [-0.2, 0) is 0 Å². The monoisotopic (exact) mass is 950 g/mol. The molecule has 0 N–H and O–H groups in total. The SMILES string of the molecule is C=Cc1cccc(C=C)c1N1C(=O)c2c(Cl)c(Cl)c3c4c(Cl)c(Cl)c5c6c(c(Cl)c(Cl)c(c7c(Cl)c(Cl)c(c2c37)C1=O)c64)C(=O)N(c1c(C(C)C)cccc1C(C)C)C5=O. The highest BCUT2D eigenvalue weighted by Gasteiger charge is 2.46. The average Bonchev–Trinajstić information content (AvgIpc) is 3.21. The Morgan fingerprint density at radius 1 is 0.417 bits per heavy atom. The van der Waals surface area contributed by atoms with E-state index in [4.69, 9.17) is 92.8 Å². The summed E-state index contributed by atoms with van der Waals surface area (Å²) < 4.78 is 0. The molecule has 2 heterocycles. The second-order valence-corrected chi connectivity index (χ2v) is 18.2. The molecule has 300 valence electrons. The number of carbonyl (C=O) groups is 4. The summed E-state index contributed by atoms with van der Waals surface area (Å²) in [6.07, 6.45) is 2.99. The molecule has 0 aliphatic carbocycles. The van der Waals surface area contributed by atoms with Crippen molar-refractivity contribution < 1.29 is 19.2 Å². The van der Waals surface area contributed by atoms with Gasteiger partial charge in [0.2, 0.25) is 0 Å². The summed E-state index contributed by atoms with van der Waals surface area (Å²) in [5.41, 5.74) is 2.43. The van der Waals surface area contributed by atoms with Crippen LogP contribution in [0.4, 0.5) is 11.4 Å².